The second kappa shape index (κ2) is 6.22. The van der Waals surface area contributed by atoms with Crippen molar-refractivity contribution in [2.24, 2.45) is 0 Å². The van der Waals surface area contributed by atoms with Crippen molar-refractivity contribution in [1.29, 1.82) is 0 Å². The van der Waals surface area contributed by atoms with Crippen LogP contribution in [0.2, 0.25) is 0 Å². The summed E-state index contributed by atoms with van der Waals surface area (Å²) in [5.41, 5.74) is 0.318. The highest BCUT2D eigenvalue weighted by atomic mass is 19.2. The van der Waals surface area contributed by atoms with Gasteiger partial charge in [-0.2, -0.15) is 0 Å². The zero-order chi connectivity index (χ0) is 15.6. The highest BCUT2D eigenvalue weighted by Crippen LogP contribution is 2.24. The second-order valence-electron chi connectivity index (χ2n) is 4.56. The monoisotopic (exact) mass is 301 g/mol. The smallest absolute Gasteiger partial charge is 0.194 e. The molecule has 6 heteroatoms. The van der Waals surface area contributed by atoms with Gasteiger partial charge in [0.2, 0.25) is 0 Å². The van der Waals surface area contributed by atoms with Crippen molar-refractivity contribution in [2.75, 3.05) is 7.05 Å². The summed E-state index contributed by atoms with van der Waals surface area (Å²) in [4.78, 5) is 0. The van der Waals surface area contributed by atoms with E-state index in [-0.39, 0.29) is 12.0 Å². The van der Waals surface area contributed by atoms with Crippen molar-refractivity contribution >= 4 is 0 Å². The molecular formula is C15H12F5N. The van der Waals surface area contributed by atoms with Gasteiger partial charge in [-0.1, -0.05) is 12.1 Å². The molecule has 0 saturated heterocycles. The molecule has 0 bridgehead atoms. The van der Waals surface area contributed by atoms with Crippen LogP contribution in [0.5, 0.6) is 0 Å². The van der Waals surface area contributed by atoms with Crippen molar-refractivity contribution in [3.63, 3.8) is 0 Å². The van der Waals surface area contributed by atoms with Crippen molar-refractivity contribution < 1.29 is 22.0 Å². The topological polar surface area (TPSA) is 12.0 Å². The molecular weight excluding hydrogens is 289 g/mol. The standard InChI is InChI=1S/C15H12F5N/c1-21-13(7-8-2-4-10(16)12(18)6-8)9-3-5-11(17)15(20)14(9)19/h2-6,13,21H,7H2,1H3. The lowest BCUT2D eigenvalue weighted by Gasteiger charge is -2.18. The molecule has 1 atom stereocenters. The molecule has 0 amide bonds. The molecule has 0 heterocycles. The molecule has 0 aliphatic carbocycles. The largest absolute Gasteiger partial charge is 0.313 e. The average Bonchev–Trinajstić information content (AvgIpc) is 2.47. The third-order valence-electron chi connectivity index (χ3n) is 3.21. The first-order chi connectivity index (χ1) is 9.93. The maximum absolute atomic E-state index is 13.8. The van der Waals surface area contributed by atoms with E-state index in [9.17, 15) is 22.0 Å². The van der Waals surface area contributed by atoms with Gasteiger partial charge in [-0.25, -0.2) is 22.0 Å². The maximum Gasteiger partial charge on any atom is 0.194 e. The van der Waals surface area contributed by atoms with Crippen LogP contribution in [0.1, 0.15) is 17.2 Å². The van der Waals surface area contributed by atoms with Crippen LogP contribution in [0.3, 0.4) is 0 Å². The summed E-state index contributed by atoms with van der Waals surface area (Å²) < 4.78 is 66.0. The summed E-state index contributed by atoms with van der Waals surface area (Å²) in [6, 6.07) is 4.53. The molecule has 2 aromatic carbocycles. The van der Waals surface area contributed by atoms with Gasteiger partial charge in [0.15, 0.2) is 29.1 Å². The van der Waals surface area contributed by atoms with Gasteiger partial charge >= 0.3 is 0 Å². The van der Waals surface area contributed by atoms with Crippen LogP contribution in [0.15, 0.2) is 30.3 Å². The second-order valence-corrected chi connectivity index (χ2v) is 4.56. The van der Waals surface area contributed by atoms with E-state index >= 15 is 0 Å². The lowest BCUT2D eigenvalue weighted by Crippen LogP contribution is -2.21. The van der Waals surface area contributed by atoms with E-state index in [2.05, 4.69) is 5.32 Å². The lowest BCUT2D eigenvalue weighted by molar-refractivity contribution is 0.428. The number of nitrogens with one attached hydrogen (secondary N) is 1. The Hall–Kier alpha value is -1.95. The Bertz CT molecular complexity index is 657. The lowest BCUT2D eigenvalue weighted by atomic mass is 9.98. The maximum atomic E-state index is 13.8. The third kappa shape index (κ3) is 3.21. The van der Waals surface area contributed by atoms with Gasteiger partial charge in [-0.05, 0) is 37.2 Å². The van der Waals surface area contributed by atoms with E-state index in [0.717, 1.165) is 24.3 Å². The fourth-order valence-corrected chi connectivity index (χ4v) is 2.08. The van der Waals surface area contributed by atoms with Crippen LogP contribution in [0.4, 0.5) is 22.0 Å². The zero-order valence-corrected chi connectivity index (χ0v) is 11.1. The highest BCUT2D eigenvalue weighted by molar-refractivity contribution is 5.27. The molecule has 1 nitrogen and oxygen atoms in total. The van der Waals surface area contributed by atoms with Crippen LogP contribution in [0, 0.1) is 29.1 Å². The summed E-state index contributed by atoms with van der Waals surface area (Å²) in [5.74, 6) is -6.14. The molecule has 1 unspecified atom stereocenters. The van der Waals surface area contributed by atoms with E-state index in [1.54, 1.807) is 0 Å². The van der Waals surface area contributed by atoms with Crippen LogP contribution < -0.4 is 5.32 Å². The molecule has 0 spiro atoms. The number of likely N-dealkylation sites (N-methyl/N-ethyl adjacent to an activating group) is 1. The highest BCUT2D eigenvalue weighted by Gasteiger charge is 2.20. The van der Waals surface area contributed by atoms with Crippen LogP contribution in [-0.2, 0) is 6.42 Å². The first-order valence-electron chi connectivity index (χ1n) is 6.18. The van der Waals surface area contributed by atoms with Crippen molar-refractivity contribution in [1.82, 2.24) is 5.32 Å². The molecule has 0 saturated carbocycles. The van der Waals surface area contributed by atoms with Gasteiger partial charge in [0, 0.05) is 11.6 Å². The Labute approximate surface area is 118 Å². The summed E-state index contributed by atoms with van der Waals surface area (Å²) >= 11 is 0. The number of benzene rings is 2. The number of rotatable bonds is 4. The minimum Gasteiger partial charge on any atom is -0.313 e. The van der Waals surface area contributed by atoms with Gasteiger partial charge in [0.1, 0.15) is 0 Å². The third-order valence-corrected chi connectivity index (χ3v) is 3.21. The number of hydrogen-bond donors (Lipinski definition) is 1. The Morgan fingerprint density at radius 1 is 0.857 bits per heavy atom. The van der Waals surface area contributed by atoms with Crippen LogP contribution in [-0.4, -0.2) is 7.05 Å². The molecule has 112 valence electrons. The molecule has 2 aromatic rings. The van der Waals surface area contributed by atoms with E-state index in [4.69, 9.17) is 0 Å². The number of halogens is 5. The van der Waals surface area contributed by atoms with Gasteiger partial charge in [-0.15, -0.1) is 0 Å². The molecule has 0 fully saturated rings. The zero-order valence-electron chi connectivity index (χ0n) is 11.1. The SMILES string of the molecule is CNC(Cc1ccc(F)c(F)c1)c1ccc(F)c(F)c1F. The van der Waals surface area contributed by atoms with Crippen molar-refractivity contribution in [2.45, 2.75) is 12.5 Å². The quantitative estimate of drug-likeness (QED) is 0.667. The predicted octanol–water partition coefficient (Wildman–Crippen LogP) is 3.89. The molecule has 0 aromatic heterocycles. The summed E-state index contributed by atoms with van der Waals surface area (Å²) in [6.45, 7) is 0. The van der Waals surface area contributed by atoms with Crippen LogP contribution in [0.25, 0.3) is 0 Å². The Morgan fingerprint density at radius 3 is 2.14 bits per heavy atom. The molecule has 0 radical (unpaired) electrons. The van der Waals surface area contributed by atoms with E-state index < -0.39 is 35.1 Å². The molecule has 21 heavy (non-hydrogen) atoms. The summed E-state index contributed by atoms with van der Waals surface area (Å²) in [5, 5.41) is 2.74. The van der Waals surface area contributed by atoms with Crippen molar-refractivity contribution in [3.05, 3.63) is 70.5 Å². The fraction of sp³-hybridized carbons (Fsp3) is 0.200. The van der Waals surface area contributed by atoms with Gasteiger partial charge < -0.3 is 5.32 Å². The fourth-order valence-electron chi connectivity index (χ4n) is 2.08. The first kappa shape index (κ1) is 15.4. The summed E-state index contributed by atoms with van der Waals surface area (Å²) in [6.07, 6.45) is 0.0929. The number of hydrogen-bond acceptors (Lipinski definition) is 1. The minimum absolute atomic E-state index is 0.0823. The van der Waals surface area contributed by atoms with E-state index in [1.807, 2.05) is 0 Å². The predicted molar refractivity (Wildman–Crippen MR) is 68.2 cm³/mol. The Balaban J connectivity index is 2.32. The molecule has 0 aliphatic rings. The van der Waals surface area contributed by atoms with Crippen molar-refractivity contribution in [3.8, 4) is 0 Å². The van der Waals surface area contributed by atoms with Gasteiger partial charge in [0.05, 0.1) is 0 Å². The minimum atomic E-state index is -1.56. The van der Waals surface area contributed by atoms with Gasteiger partial charge in [-0.3, -0.25) is 0 Å². The van der Waals surface area contributed by atoms with E-state index in [1.165, 1.54) is 13.1 Å². The van der Waals surface area contributed by atoms with Crippen LogP contribution >= 0.6 is 0 Å². The Kier molecular flexibility index (Phi) is 4.57. The molecule has 0 aliphatic heterocycles. The molecule has 2 rings (SSSR count). The molecule has 1 N–H and O–H groups in total. The normalized spacial score (nSPS) is 12.5. The van der Waals surface area contributed by atoms with Gasteiger partial charge in [0.25, 0.3) is 0 Å². The summed E-state index contributed by atoms with van der Waals surface area (Å²) in [7, 11) is 1.51. The van der Waals surface area contributed by atoms with E-state index in [0.29, 0.717) is 5.56 Å². The average molecular weight is 301 g/mol. The Morgan fingerprint density at radius 2 is 1.52 bits per heavy atom. The first-order valence-corrected chi connectivity index (χ1v) is 6.18.